The molecule has 2 aliphatic rings. The molecule has 2 fully saturated rings. The van der Waals surface area contributed by atoms with E-state index in [1.807, 2.05) is 4.90 Å². The van der Waals surface area contributed by atoms with Crippen molar-refractivity contribution in [1.29, 1.82) is 0 Å². The molecule has 0 aromatic heterocycles. The van der Waals surface area contributed by atoms with Gasteiger partial charge in [0.15, 0.2) is 0 Å². The lowest BCUT2D eigenvalue weighted by Gasteiger charge is -2.40. The molecule has 2 aliphatic heterocycles. The van der Waals surface area contributed by atoms with Gasteiger partial charge in [0.1, 0.15) is 0 Å². The van der Waals surface area contributed by atoms with Crippen LogP contribution in [-0.2, 0) is 9.53 Å². The third-order valence-corrected chi connectivity index (χ3v) is 4.46. The predicted molar refractivity (Wildman–Crippen MR) is 74.8 cm³/mol. The van der Waals surface area contributed by atoms with E-state index in [1.165, 1.54) is 0 Å². The summed E-state index contributed by atoms with van der Waals surface area (Å²) in [6.07, 6.45) is 2.86. The molecule has 0 saturated carbocycles. The van der Waals surface area contributed by atoms with Gasteiger partial charge in [-0.3, -0.25) is 9.69 Å². The first-order valence-corrected chi connectivity index (χ1v) is 7.57. The first-order valence-electron chi connectivity index (χ1n) is 7.57. The van der Waals surface area contributed by atoms with E-state index in [0.29, 0.717) is 18.5 Å². The van der Waals surface area contributed by atoms with E-state index >= 15 is 0 Å². The van der Waals surface area contributed by atoms with Crippen LogP contribution in [0.15, 0.2) is 0 Å². The van der Waals surface area contributed by atoms with Crippen LogP contribution in [0.25, 0.3) is 0 Å². The summed E-state index contributed by atoms with van der Waals surface area (Å²) >= 11 is 0. The van der Waals surface area contributed by atoms with Crippen molar-refractivity contribution in [3.8, 4) is 0 Å². The summed E-state index contributed by atoms with van der Waals surface area (Å²) < 4.78 is 5.32. The minimum Gasteiger partial charge on any atom is -0.381 e. The highest BCUT2D eigenvalue weighted by molar-refractivity contribution is 5.79. The fourth-order valence-electron chi connectivity index (χ4n) is 3.08. The summed E-state index contributed by atoms with van der Waals surface area (Å²) in [5.74, 6) is 0.528. The molecule has 2 saturated heterocycles. The minimum absolute atomic E-state index is 0.191. The number of rotatable bonds is 4. The number of amides is 1. The molecular formula is C14H27N3O2. The van der Waals surface area contributed by atoms with Crippen LogP contribution in [0.1, 0.15) is 26.2 Å². The van der Waals surface area contributed by atoms with Gasteiger partial charge in [-0.2, -0.15) is 0 Å². The van der Waals surface area contributed by atoms with Gasteiger partial charge >= 0.3 is 0 Å². The van der Waals surface area contributed by atoms with E-state index in [2.05, 4.69) is 11.8 Å². The second-order valence-corrected chi connectivity index (χ2v) is 5.55. The van der Waals surface area contributed by atoms with E-state index < -0.39 is 0 Å². The van der Waals surface area contributed by atoms with E-state index in [-0.39, 0.29) is 5.92 Å². The van der Waals surface area contributed by atoms with E-state index in [9.17, 15) is 4.79 Å². The van der Waals surface area contributed by atoms with Crippen LogP contribution in [0.5, 0.6) is 0 Å². The van der Waals surface area contributed by atoms with E-state index in [1.54, 1.807) is 0 Å². The average molecular weight is 269 g/mol. The van der Waals surface area contributed by atoms with Crippen molar-refractivity contribution in [2.75, 3.05) is 45.9 Å². The number of hydrogen-bond donors (Lipinski definition) is 1. The fraction of sp³-hybridized carbons (Fsp3) is 0.929. The normalized spacial score (nSPS) is 24.4. The topological polar surface area (TPSA) is 58.8 Å². The second kappa shape index (κ2) is 7.22. The standard InChI is InChI=1S/C14H27N3O2/c1-2-13(11-15)16-5-7-17(8-6-16)14(18)12-3-9-19-10-4-12/h12-13H,2-11,15H2,1H3. The van der Waals surface area contributed by atoms with Gasteiger partial charge in [-0.15, -0.1) is 0 Å². The third-order valence-electron chi connectivity index (χ3n) is 4.46. The molecule has 0 spiro atoms. The molecule has 0 aromatic carbocycles. The third kappa shape index (κ3) is 3.68. The molecule has 0 bridgehead atoms. The molecule has 1 amide bonds. The Morgan fingerprint density at radius 2 is 1.89 bits per heavy atom. The Hall–Kier alpha value is -0.650. The lowest BCUT2D eigenvalue weighted by atomic mass is 9.98. The fourth-order valence-corrected chi connectivity index (χ4v) is 3.08. The molecule has 1 atom stereocenters. The monoisotopic (exact) mass is 269 g/mol. The largest absolute Gasteiger partial charge is 0.381 e. The van der Waals surface area contributed by atoms with Crippen LogP contribution in [0.3, 0.4) is 0 Å². The van der Waals surface area contributed by atoms with Gasteiger partial charge in [0.05, 0.1) is 0 Å². The van der Waals surface area contributed by atoms with Crippen LogP contribution in [0.4, 0.5) is 0 Å². The Balaban J connectivity index is 1.80. The predicted octanol–water partition coefficient (Wildman–Crippen LogP) is 0.295. The van der Waals surface area contributed by atoms with Crippen molar-refractivity contribution in [2.24, 2.45) is 11.7 Å². The molecule has 1 unspecified atom stereocenters. The molecule has 2 heterocycles. The number of nitrogens with two attached hydrogens (primary N) is 1. The quantitative estimate of drug-likeness (QED) is 0.797. The van der Waals surface area contributed by atoms with Crippen LogP contribution >= 0.6 is 0 Å². The summed E-state index contributed by atoms with van der Waals surface area (Å²) in [5, 5.41) is 0. The zero-order chi connectivity index (χ0) is 13.7. The van der Waals surface area contributed by atoms with Gasteiger partial charge in [-0.25, -0.2) is 0 Å². The zero-order valence-electron chi connectivity index (χ0n) is 12.0. The smallest absolute Gasteiger partial charge is 0.225 e. The Morgan fingerprint density at radius 3 is 2.42 bits per heavy atom. The number of piperazine rings is 1. The van der Waals surface area contributed by atoms with Crippen molar-refractivity contribution in [2.45, 2.75) is 32.2 Å². The highest BCUT2D eigenvalue weighted by Gasteiger charge is 2.29. The van der Waals surface area contributed by atoms with Crippen LogP contribution in [0, 0.1) is 5.92 Å². The molecule has 0 aromatic rings. The molecule has 0 radical (unpaired) electrons. The van der Waals surface area contributed by atoms with Crippen molar-refractivity contribution >= 4 is 5.91 Å². The lowest BCUT2D eigenvalue weighted by molar-refractivity contribution is -0.140. The molecule has 110 valence electrons. The van der Waals surface area contributed by atoms with Crippen LogP contribution in [-0.4, -0.2) is 67.7 Å². The SMILES string of the molecule is CCC(CN)N1CCN(C(=O)C2CCOCC2)CC1. The highest BCUT2D eigenvalue weighted by Crippen LogP contribution is 2.19. The second-order valence-electron chi connectivity index (χ2n) is 5.55. The van der Waals surface area contributed by atoms with Gasteiger partial charge in [0.2, 0.25) is 5.91 Å². The first kappa shape index (κ1) is 14.8. The summed E-state index contributed by atoms with van der Waals surface area (Å²) in [6, 6.07) is 0.473. The van der Waals surface area contributed by atoms with Gasteiger partial charge in [-0.05, 0) is 19.3 Å². The molecule has 2 rings (SSSR count). The molecular weight excluding hydrogens is 242 g/mol. The maximum Gasteiger partial charge on any atom is 0.225 e. The van der Waals surface area contributed by atoms with Crippen molar-refractivity contribution in [3.05, 3.63) is 0 Å². The van der Waals surface area contributed by atoms with E-state index in [0.717, 1.165) is 58.7 Å². The maximum absolute atomic E-state index is 12.4. The summed E-state index contributed by atoms with van der Waals surface area (Å²) in [7, 11) is 0. The molecule has 0 aliphatic carbocycles. The average Bonchev–Trinajstić information content (AvgIpc) is 2.49. The van der Waals surface area contributed by atoms with Gasteiger partial charge in [0, 0.05) is 57.9 Å². The van der Waals surface area contributed by atoms with Crippen molar-refractivity contribution < 1.29 is 9.53 Å². The Labute approximate surface area is 116 Å². The summed E-state index contributed by atoms with van der Waals surface area (Å²) in [5.41, 5.74) is 5.79. The number of carbonyl (C=O) groups is 1. The Bertz CT molecular complexity index is 280. The number of ether oxygens (including phenoxy) is 1. The minimum atomic E-state index is 0.191. The Kier molecular flexibility index (Phi) is 5.60. The summed E-state index contributed by atoms with van der Waals surface area (Å²) in [4.78, 5) is 16.9. The summed E-state index contributed by atoms with van der Waals surface area (Å²) in [6.45, 7) is 8.00. The van der Waals surface area contributed by atoms with Crippen molar-refractivity contribution in [1.82, 2.24) is 9.80 Å². The first-order chi connectivity index (χ1) is 9.26. The van der Waals surface area contributed by atoms with Gasteiger partial charge in [-0.1, -0.05) is 6.92 Å². The zero-order valence-corrected chi connectivity index (χ0v) is 12.0. The van der Waals surface area contributed by atoms with Crippen molar-refractivity contribution in [3.63, 3.8) is 0 Å². The van der Waals surface area contributed by atoms with Gasteiger partial charge < -0.3 is 15.4 Å². The van der Waals surface area contributed by atoms with E-state index in [4.69, 9.17) is 10.5 Å². The lowest BCUT2D eigenvalue weighted by Crippen LogP contribution is -2.54. The molecule has 5 heteroatoms. The van der Waals surface area contributed by atoms with Crippen LogP contribution < -0.4 is 5.73 Å². The number of hydrogen-bond acceptors (Lipinski definition) is 4. The number of carbonyl (C=O) groups excluding carboxylic acids is 1. The maximum atomic E-state index is 12.4. The van der Waals surface area contributed by atoms with Crippen LogP contribution in [0.2, 0.25) is 0 Å². The highest BCUT2D eigenvalue weighted by atomic mass is 16.5. The molecule has 5 nitrogen and oxygen atoms in total. The Morgan fingerprint density at radius 1 is 1.26 bits per heavy atom. The molecule has 2 N–H and O–H groups in total. The number of nitrogens with zero attached hydrogens (tertiary/aromatic N) is 2. The molecule has 19 heavy (non-hydrogen) atoms. The van der Waals surface area contributed by atoms with Gasteiger partial charge in [0.25, 0.3) is 0 Å².